The average Bonchev–Trinajstić information content (AvgIpc) is 1.90. The Kier molecular flexibility index (Phi) is 2.38. The molecule has 0 N–H and O–H groups in total. The molecule has 0 nitrogen and oxygen atoms in total. The van der Waals surface area contributed by atoms with Gasteiger partial charge in [0, 0.05) is 0 Å². The number of hydrogen-bond acceptors (Lipinski definition) is 0. The molecule has 1 heteroatoms. The minimum absolute atomic E-state index is 1.33. The number of hydrogen-bond donors (Lipinski definition) is 0. The van der Waals surface area contributed by atoms with Gasteiger partial charge in [0.2, 0.25) is 0 Å². The van der Waals surface area contributed by atoms with Gasteiger partial charge in [-0.2, -0.15) is 0 Å². The molecule has 0 aliphatic heterocycles. The summed E-state index contributed by atoms with van der Waals surface area (Å²) in [6.45, 7) is 2.12. The van der Waals surface area contributed by atoms with Gasteiger partial charge in [0.05, 0.1) is 0 Å². The van der Waals surface area contributed by atoms with E-state index in [1.165, 1.54) is 9.37 Å². The van der Waals surface area contributed by atoms with Gasteiger partial charge in [-0.15, -0.1) is 0 Å². The topological polar surface area (TPSA) is 0 Å². The van der Waals surface area contributed by atoms with E-state index >= 15 is 0 Å². The van der Waals surface area contributed by atoms with Crippen LogP contribution in [0, 0.1) is 0 Å². The maximum absolute atomic E-state index is 2.12. The Hall–Kier alpha value is -0.196. The molecule has 0 saturated heterocycles. The van der Waals surface area contributed by atoms with Crippen LogP contribution in [0.15, 0.2) is 30.3 Å². The summed E-state index contributed by atoms with van der Waals surface area (Å²) in [5.74, 6) is 0. The molecular formula is C8H8Ti. The van der Waals surface area contributed by atoms with Crippen molar-refractivity contribution in [3.63, 3.8) is 0 Å². The average molecular weight is 152 g/mol. The Bertz CT molecular complexity index is 201. The molecule has 0 heterocycles. The van der Waals surface area contributed by atoms with Crippen LogP contribution < -0.4 is 0 Å². The Balaban J connectivity index is 2.98. The molecule has 0 saturated carbocycles. The summed E-state index contributed by atoms with van der Waals surface area (Å²) in [6.07, 6.45) is 0. The van der Waals surface area contributed by atoms with E-state index in [1.807, 2.05) is 6.07 Å². The van der Waals surface area contributed by atoms with Crippen molar-refractivity contribution in [3.8, 4) is 0 Å². The molecule has 0 aliphatic carbocycles. The first-order valence-corrected chi connectivity index (χ1v) is 3.69. The molecule has 0 aromatic heterocycles. The standard InChI is InChI=1S/C8H8.Ti/c1-2-8-6-4-3-5-7-8;/h3-7H,1H3;. The molecule has 0 atom stereocenters. The van der Waals surface area contributed by atoms with Crippen LogP contribution in [0.5, 0.6) is 0 Å². The zero-order chi connectivity index (χ0) is 6.69. The molecule has 0 fully saturated rings. The second-order valence-electron chi connectivity index (χ2n) is 1.99. The molecule has 0 unspecified atom stereocenters. The molecule has 1 aromatic carbocycles. The molecule has 0 bridgehead atoms. The summed E-state index contributed by atoms with van der Waals surface area (Å²) in [5.41, 5.74) is 1.33. The predicted molar refractivity (Wildman–Crippen MR) is 36.2 cm³/mol. The van der Waals surface area contributed by atoms with E-state index in [0.29, 0.717) is 0 Å². The Labute approximate surface area is 66.8 Å². The molecule has 0 radical (unpaired) electrons. The van der Waals surface area contributed by atoms with Gasteiger partial charge in [0.25, 0.3) is 0 Å². The van der Waals surface area contributed by atoms with Gasteiger partial charge in [-0.3, -0.25) is 0 Å². The predicted octanol–water partition coefficient (Wildman–Crippen LogP) is 1.77. The van der Waals surface area contributed by atoms with Crippen LogP contribution >= 0.6 is 0 Å². The van der Waals surface area contributed by atoms with Crippen molar-refractivity contribution in [2.75, 3.05) is 0 Å². The normalized spacial score (nSPS) is 8.89. The summed E-state index contributed by atoms with van der Waals surface area (Å²) in [4.78, 5) is 0. The minimum atomic E-state index is 1.33. The second kappa shape index (κ2) is 3.10. The monoisotopic (exact) mass is 152 g/mol. The summed E-state index contributed by atoms with van der Waals surface area (Å²) in [6, 6.07) is 10.4. The molecule has 0 amide bonds. The molecular weight excluding hydrogens is 144 g/mol. The van der Waals surface area contributed by atoms with E-state index in [2.05, 4.69) is 51.2 Å². The van der Waals surface area contributed by atoms with Gasteiger partial charge in [-0.05, 0) is 0 Å². The van der Waals surface area contributed by atoms with Crippen molar-refractivity contribution in [2.24, 2.45) is 0 Å². The molecule has 0 aliphatic rings. The van der Waals surface area contributed by atoms with Crippen molar-refractivity contribution in [1.82, 2.24) is 0 Å². The Morgan fingerprint density at radius 3 is 2.11 bits per heavy atom. The maximum atomic E-state index is 2.12. The van der Waals surface area contributed by atoms with E-state index < -0.39 is 0 Å². The van der Waals surface area contributed by atoms with Crippen LogP contribution in [-0.4, -0.2) is 3.81 Å². The van der Waals surface area contributed by atoms with Gasteiger partial charge in [0.1, 0.15) is 0 Å². The quantitative estimate of drug-likeness (QED) is 0.538. The van der Waals surface area contributed by atoms with Crippen LogP contribution in [0.4, 0.5) is 0 Å². The van der Waals surface area contributed by atoms with Crippen molar-refractivity contribution in [1.29, 1.82) is 0 Å². The molecule has 0 spiro atoms. The van der Waals surface area contributed by atoms with Gasteiger partial charge < -0.3 is 0 Å². The SMILES string of the molecule is C[C](=[Ti])c1ccccc1. The third kappa shape index (κ3) is 1.89. The van der Waals surface area contributed by atoms with E-state index in [9.17, 15) is 0 Å². The van der Waals surface area contributed by atoms with Gasteiger partial charge in [-0.1, -0.05) is 0 Å². The summed E-state index contributed by atoms with van der Waals surface area (Å²) < 4.78 is 1.37. The van der Waals surface area contributed by atoms with Crippen LogP contribution in [0.3, 0.4) is 0 Å². The third-order valence-electron chi connectivity index (χ3n) is 1.21. The molecule has 9 heavy (non-hydrogen) atoms. The van der Waals surface area contributed by atoms with Crippen LogP contribution in [0.1, 0.15) is 12.5 Å². The van der Waals surface area contributed by atoms with Crippen molar-refractivity contribution >= 4 is 3.81 Å². The van der Waals surface area contributed by atoms with Crippen molar-refractivity contribution in [2.45, 2.75) is 6.92 Å². The zero-order valence-corrected chi connectivity index (χ0v) is 6.95. The Morgan fingerprint density at radius 2 is 1.78 bits per heavy atom. The van der Waals surface area contributed by atoms with Crippen LogP contribution in [-0.2, 0) is 20.0 Å². The fourth-order valence-corrected chi connectivity index (χ4v) is 0.948. The number of rotatable bonds is 1. The van der Waals surface area contributed by atoms with Gasteiger partial charge >= 0.3 is 66.6 Å². The first-order valence-electron chi connectivity index (χ1n) is 2.91. The summed E-state index contributed by atoms with van der Waals surface area (Å²) in [5, 5.41) is 0. The molecule has 44 valence electrons. The van der Waals surface area contributed by atoms with Crippen molar-refractivity contribution < 1.29 is 20.0 Å². The summed E-state index contributed by atoms with van der Waals surface area (Å²) in [7, 11) is 0. The fourth-order valence-electron chi connectivity index (χ4n) is 0.688. The number of benzene rings is 1. The van der Waals surface area contributed by atoms with Gasteiger partial charge in [-0.25, -0.2) is 0 Å². The van der Waals surface area contributed by atoms with Crippen LogP contribution in [0.25, 0.3) is 0 Å². The second-order valence-corrected chi connectivity index (χ2v) is 3.16. The van der Waals surface area contributed by atoms with Gasteiger partial charge in [0.15, 0.2) is 0 Å². The first kappa shape index (κ1) is 6.92. The molecule has 1 rings (SSSR count). The summed E-state index contributed by atoms with van der Waals surface area (Å²) >= 11 is 2.12. The van der Waals surface area contributed by atoms with E-state index in [-0.39, 0.29) is 0 Å². The Morgan fingerprint density at radius 1 is 1.22 bits per heavy atom. The van der Waals surface area contributed by atoms with Crippen molar-refractivity contribution in [3.05, 3.63) is 35.9 Å². The zero-order valence-electron chi connectivity index (χ0n) is 5.39. The fraction of sp³-hybridized carbons (Fsp3) is 0.125. The first-order chi connectivity index (χ1) is 4.30. The van der Waals surface area contributed by atoms with E-state index in [0.717, 1.165) is 0 Å². The van der Waals surface area contributed by atoms with E-state index in [1.54, 1.807) is 0 Å². The molecule has 1 aromatic rings. The third-order valence-corrected chi connectivity index (χ3v) is 1.66. The van der Waals surface area contributed by atoms with E-state index in [4.69, 9.17) is 0 Å². The van der Waals surface area contributed by atoms with Crippen LogP contribution in [0.2, 0.25) is 0 Å².